The van der Waals surface area contributed by atoms with Gasteiger partial charge in [0.2, 0.25) is 0 Å². The number of rotatable bonds is 1. The van der Waals surface area contributed by atoms with E-state index in [-0.39, 0.29) is 0 Å². The Balaban J connectivity index is 2.57. The molecule has 0 saturated heterocycles. The number of anilines is 1. The van der Waals surface area contributed by atoms with Crippen LogP contribution < -0.4 is 5.73 Å². The van der Waals surface area contributed by atoms with E-state index in [9.17, 15) is 0 Å². The molecule has 62 valence electrons. The largest absolute Gasteiger partial charge is 0.390 e. The number of aromatic nitrogens is 1. The normalized spacial score (nSPS) is 10.4. The first-order valence-corrected chi connectivity index (χ1v) is 4.61. The summed E-state index contributed by atoms with van der Waals surface area (Å²) >= 11 is 1.58. The molecule has 2 aromatic heterocycles. The zero-order chi connectivity index (χ0) is 8.55. The lowest BCUT2D eigenvalue weighted by molar-refractivity contribution is 0.938. The minimum absolute atomic E-state index is 0.886. The quantitative estimate of drug-likeness (QED) is 0.714. The van der Waals surface area contributed by atoms with Crippen LogP contribution in [0, 0.1) is 0 Å². The molecule has 0 aliphatic carbocycles. The number of aryl methyl sites for hydroxylation is 1. The summed E-state index contributed by atoms with van der Waals surface area (Å²) in [5.74, 6) is 0. The van der Waals surface area contributed by atoms with Gasteiger partial charge < -0.3 is 10.3 Å². The van der Waals surface area contributed by atoms with E-state index < -0.39 is 0 Å². The van der Waals surface area contributed by atoms with Crippen molar-refractivity contribution in [3.05, 3.63) is 29.8 Å². The van der Waals surface area contributed by atoms with Gasteiger partial charge in [-0.05, 0) is 23.6 Å². The van der Waals surface area contributed by atoms with Gasteiger partial charge in [0.05, 0.1) is 10.7 Å². The molecule has 2 rings (SSSR count). The van der Waals surface area contributed by atoms with Gasteiger partial charge >= 0.3 is 0 Å². The van der Waals surface area contributed by atoms with E-state index in [1.807, 2.05) is 24.7 Å². The van der Waals surface area contributed by atoms with Gasteiger partial charge in [0.25, 0.3) is 0 Å². The SMILES string of the molecule is Cn1cccc1-c1ccsc1N. The first-order chi connectivity index (χ1) is 5.79. The third-order valence-electron chi connectivity index (χ3n) is 1.91. The summed E-state index contributed by atoms with van der Waals surface area (Å²) in [4.78, 5) is 0. The maximum Gasteiger partial charge on any atom is 0.0951 e. The predicted octanol–water partition coefficient (Wildman–Crippen LogP) is 2.34. The minimum Gasteiger partial charge on any atom is -0.390 e. The van der Waals surface area contributed by atoms with Crippen LogP contribution >= 0.6 is 11.3 Å². The maximum absolute atomic E-state index is 5.81. The second-order valence-corrected chi connectivity index (χ2v) is 3.65. The Morgan fingerprint density at radius 3 is 2.75 bits per heavy atom. The topological polar surface area (TPSA) is 30.9 Å². The smallest absolute Gasteiger partial charge is 0.0951 e. The molecule has 0 aromatic carbocycles. The van der Waals surface area contributed by atoms with Gasteiger partial charge in [0.15, 0.2) is 0 Å². The van der Waals surface area contributed by atoms with Gasteiger partial charge in [-0.25, -0.2) is 0 Å². The summed E-state index contributed by atoms with van der Waals surface area (Å²) in [5, 5.41) is 2.90. The molecule has 3 heteroatoms. The molecule has 0 bridgehead atoms. The molecule has 12 heavy (non-hydrogen) atoms. The summed E-state index contributed by atoms with van der Waals surface area (Å²) in [5.41, 5.74) is 8.11. The van der Waals surface area contributed by atoms with E-state index in [4.69, 9.17) is 5.73 Å². The lowest BCUT2D eigenvalue weighted by Gasteiger charge is -2.00. The second-order valence-electron chi connectivity index (χ2n) is 2.70. The van der Waals surface area contributed by atoms with Gasteiger partial charge in [0, 0.05) is 18.8 Å². The van der Waals surface area contributed by atoms with Gasteiger partial charge in [0.1, 0.15) is 0 Å². The van der Waals surface area contributed by atoms with Crippen LogP contribution in [0.15, 0.2) is 29.8 Å². The second kappa shape index (κ2) is 2.68. The summed E-state index contributed by atoms with van der Waals surface area (Å²) in [7, 11) is 2.02. The predicted molar refractivity (Wildman–Crippen MR) is 53.1 cm³/mol. The summed E-state index contributed by atoms with van der Waals surface area (Å²) in [6.45, 7) is 0. The Kier molecular flexibility index (Phi) is 1.66. The molecule has 0 aliphatic heterocycles. The maximum atomic E-state index is 5.81. The van der Waals surface area contributed by atoms with E-state index >= 15 is 0 Å². The highest BCUT2D eigenvalue weighted by atomic mass is 32.1. The van der Waals surface area contributed by atoms with Crippen molar-refractivity contribution in [1.82, 2.24) is 4.57 Å². The number of nitrogens with zero attached hydrogens (tertiary/aromatic N) is 1. The molecule has 0 atom stereocenters. The average Bonchev–Trinajstić information content (AvgIpc) is 2.59. The van der Waals surface area contributed by atoms with Crippen molar-refractivity contribution in [1.29, 1.82) is 0 Å². The number of nitrogens with two attached hydrogens (primary N) is 1. The van der Waals surface area contributed by atoms with Crippen LogP contribution in [0.1, 0.15) is 0 Å². The number of hydrogen-bond acceptors (Lipinski definition) is 2. The fraction of sp³-hybridized carbons (Fsp3) is 0.111. The zero-order valence-electron chi connectivity index (χ0n) is 6.82. The van der Waals surface area contributed by atoms with Gasteiger partial charge in [-0.3, -0.25) is 0 Å². The van der Waals surface area contributed by atoms with E-state index in [0.29, 0.717) is 0 Å². The van der Waals surface area contributed by atoms with Crippen molar-refractivity contribution in [2.75, 3.05) is 5.73 Å². The Bertz CT molecular complexity index is 348. The monoisotopic (exact) mass is 178 g/mol. The van der Waals surface area contributed by atoms with Crippen LogP contribution in [-0.4, -0.2) is 4.57 Å². The number of thiophene rings is 1. The van der Waals surface area contributed by atoms with E-state index in [0.717, 1.165) is 10.6 Å². The molecule has 0 radical (unpaired) electrons. The van der Waals surface area contributed by atoms with E-state index in [1.54, 1.807) is 11.3 Å². The number of nitrogen functional groups attached to an aromatic ring is 1. The van der Waals surface area contributed by atoms with Crippen molar-refractivity contribution in [3.8, 4) is 11.3 Å². The van der Waals surface area contributed by atoms with E-state index in [2.05, 4.69) is 16.7 Å². The third-order valence-corrected chi connectivity index (χ3v) is 2.66. The van der Waals surface area contributed by atoms with Gasteiger partial charge in [-0.15, -0.1) is 11.3 Å². The summed E-state index contributed by atoms with van der Waals surface area (Å²) in [6, 6.07) is 6.14. The highest BCUT2D eigenvalue weighted by Gasteiger charge is 2.05. The molecule has 2 aromatic rings. The Morgan fingerprint density at radius 2 is 2.25 bits per heavy atom. The van der Waals surface area contributed by atoms with Crippen molar-refractivity contribution in [2.45, 2.75) is 0 Å². The third kappa shape index (κ3) is 1.02. The van der Waals surface area contributed by atoms with Crippen LogP contribution in [-0.2, 0) is 7.05 Å². The molecule has 0 saturated carbocycles. The highest BCUT2D eigenvalue weighted by Crippen LogP contribution is 2.29. The molecule has 2 nitrogen and oxygen atoms in total. The lowest BCUT2D eigenvalue weighted by Crippen LogP contribution is -1.90. The lowest BCUT2D eigenvalue weighted by atomic mass is 10.2. The molecule has 0 fully saturated rings. The Morgan fingerprint density at radius 1 is 1.42 bits per heavy atom. The fourth-order valence-corrected chi connectivity index (χ4v) is 1.92. The summed E-state index contributed by atoms with van der Waals surface area (Å²) < 4.78 is 2.07. The van der Waals surface area contributed by atoms with Gasteiger partial charge in [-0.2, -0.15) is 0 Å². The van der Waals surface area contributed by atoms with Gasteiger partial charge in [-0.1, -0.05) is 0 Å². The average molecular weight is 178 g/mol. The first-order valence-electron chi connectivity index (χ1n) is 3.73. The minimum atomic E-state index is 0.886. The van der Waals surface area contributed by atoms with Crippen LogP contribution in [0.2, 0.25) is 0 Å². The van der Waals surface area contributed by atoms with Crippen LogP contribution in [0.3, 0.4) is 0 Å². The zero-order valence-corrected chi connectivity index (χ0v) is 7.64. The molecule has 0 spiro atoms. The Hall–Kier alpha value is -1.22. The molecule has 2 heterocycles. The van der Waals surface area contributed by atoms with Crippen molar-refractivity contribution < 1.29 is 0 Å². The van der Waals surface area contributed by atoms with Crippen molar-refractivity contribution in [3.63, 3.8) is 0 Å². The summed E-state index contributed by atoms with van der Waals surface area (Å²) in [6.07, 6.45) is 2.02. The molecule has 2 N–H and O–H groups in total. The number of hydrogen-bond donors (Lipinski definition) is 1. The fourth-order valence-electron chi connectivity index (χ4n) is 1.27. The molecular formula is C9H10N2S. The first kappa shape index (κ1) is 7.43. The van der Waals surface area contributed by atoms with Crippen LogP contribution in [0.4, 0.5) is 5.00 Å². The molecular weight excluding hydrogens is 168 g/mol. The van der Waals surface area contributed by atoms with Crippen LogP contribution in [0.25, 0.3) is 11.3 Å². The molecule has 0 aliphatic rings. The molecule has 0 amide bonds. The van der Waals surface area contributed by atoms with E-state index in [1.165, 1.54) is 5.69 Å². The van der Waals surface area contributed by atoms with Crippen molar-refractivity contribution in [2.24, 2.45) is 7.05 Å². The van der Waals surface area contributed by atoms with Crippen molar-refractivity contribution >= 4 is 16.3 Å². The molecule has 0 unspecified atom stereocenters. The Labute approximate surface area is 75.3 Å². The highest BCUT2D eigenvalue weighted by molar-refractivity contribution is 7.14. The van der Waals surface area contributed by atoms with Crippen LogP contribution in [0.5, 0.6) is 0 Å². The standard InChI is InChI=1S/C9H10N2S/c1-11-5-2-3-8(11)7-4-6-12-9(7)10/h2-6H,10H2,1H3.